The van der Waals surface area contributed by atoms with E-state index in [1.54, 1.807) is 6.07 Å². The average molecular weight is 273 g/mol. The van der Waals surface area contributed by atoms with Gasteiger partial charge in [-0.05, 0) is 42.6 Å². The van der Waals surface area contributed by atoms with Gasteiger partial charge in [0.2, 0.25) is 0 Å². The van der Waals surface area contributed by atoms with Crippen molar-refractivity contribution < 1.29 is 9.50 Å². The molecule has 0 aliphatic carbocycles. The van der Waals surface area contributed by atoms with Crippen LogP contribution >= 0.6 is 12.4 Å². The molecule has 2 aliphatic heterocycles. The number of rotatable bonds is 2. The maximum Gasteiger partial charge on any atom is 0.127 e. The van der Waals surface area contributed by atoms with Gasteiger partial charge in [-0.25, -0.2) is 4.39 Å². The van der Waals surface area contributed by atoms with E-state index >= 15 is 0 Å². The standard InChI is InChI=1S/C13H17FN2O.ClH/c14-12-1-9(2-13(17)3-12)6-16-7-10-4-15-5-11(10)8-16;/h1-3,10-11,15,17H,4-8H2;1H/t10-,11+;. The number of phenols is 1. The Kier molecular flexibility index (Phi) is 4.10. The summed E-state index contributed by atoms with van der Waals surface area (Å²) >= 11 is 0. The minimum Gasteiger partial charge on any atom is -0.508 e. The fraction of sp³-hybridized carbons (Fsp3) is 0.538. The van der Waals surface area contributed by atoms with E-state index in [2.05, 4.69) is 10.2 Å². The Hall–Kier alpha value is -0.840. The summed E-state index contributed by atoms with van der Waals surface area (Å²) in [4.78, 5) is 2.35. The molecule has 3 nitrogen and oxygen atoms in total. The molecule has 0 amide bonds. The van der Waals surface area contributed by atoms with Crippen LogP contribution in [0.15, 0.2) is 18.2 Å². The van der Waals surface area contributed by atoms with Gasteiger partial charge >= 0.3 is 0 Å². The number of hydrogen-bond acceptors (Lipinski definition) is 3. The molecule has 0 radical (unpaired) electrons. The zero-order chi connectivity index (χ0) is 11.8. The van der Waals surface area contributed by atoms with Gasteiger partial charge in [-0.1, -0.05) is 0 Å². The highest BCUT2D eigenvalue weighted by atomic mass is 35.5. The summed E-state index contributed by atoms with van der Waals surface area (Å²) in [6, 6.07) is 4.30. The van der Waals surface area contributed by atoms with Gasteiger partial charge in [-0.2, -0.15) is 0 Å². The van der Waals surface area contributed by atoms with Crippen molar-refractivity contribution in [2.45, 2.75) is 6.54 Å². The Morgan fingerprint density at radius 1 is 1.22 bits per heavy atom. The zero-order valence-electron chi connectivity index (χ0n) is 10.1. The fourth-order valence-corrected chi connectivity index (χ4v) is 3.06. The van der Waals surface area contributed by atoms with Crippen LogP contribution in [0.25, 0.3) is 0 Å². The quantitative estimate of drug-likeness (QED) is 0.859. The monoisotopic (exact) mass is 272 g/mol. The van der Waals surface area contributed by atoms with E-state index in [1.807, 2.05) is 0 Å². The van der Waals surface area contributed by atoms with Crippen LogP contribution in [-0.2, 0) is 6.54 Å². The van der Waals surface area contributed by atoms with Gasteiger partial charge in [0, 0.05) is 25.7 Å². The number of benzene rings is 1. The first-order valence-electron chi connectivity index (χ1n) is 6.12. The van der Waals surface area contributed by atoms with Gasteiger partial charge in [-0.15, -0.1) is 12.4 Å². The van der Waals surface area contributed by atoms with Gasteiger partial charge in [0.1, 0.15) is 11.6 Å². The van der Waals surface area contributed by atoms with Gasteiger partial charge in [0.05, 0.1) is 0 Å². The van der Waals surface area contributed by atoms with Crippen molar-refractivity contribution in [3.63, 3.8) is 0 Å². The van der Waals surface area contributed by atoms with E-state index in [0.29, 0.717) is 0 Å². The van der Waals surface area contributed by atoms with Gasteiger partial charge < -0.3 is 10.4 Å². The molecule has 2 fully saturated rings. The van der Waals surface area contributed by atoms with Crippen LogP contribution in [0.2, 0.25) is 0 Å². The largest absolute Gasteiger partial charge is 0.508 e. The Morgan fingerprint density at radius 2 is 1.89 bits per heavy atom. The van der Waals surface area contributed by atoms with E-state index in [-0.39, 0.29) is 24.0 Å². The molecule has 18 heavy (non-hydrogen) atoms. The van der Waals surface area contributed by atoms with Crippen LogP contribution in [0, 0.1) is 17.7 Å². The van der Waals surface area contributed by atoms with Gasteiger partial charge in [0.15, 0.2) is 0 Å². The molecule has 2 N–H and O–H groups in total. The predicted molar refractivity (Wildman–Crippen MR) is 70.4 cm³/mol. The van der Waals surface area contributed by atoms with Crippen molar-refractivity contribution in [1.82, 2.24) is 10.2 Å². The van der Waals surface area contributed by atoms with E-state index in [9.17, 15) is 9.50 Å². The topological polar surface area (TPSA) is 35.5 Å². The summed E-state index contributed by atoms with van der Waals surface area (Å²) in [6.07, 6.45) is 0. The maximum atomic E-state index is 13.1. The first kappa shape index (κ1) is 13.6. The molecule has 0 saturated carbocycles. The van der Waals surface area contributed by atoms with Gasteiger partial charge in [-0.3, -0.25) is 4.90 Å². The third-order valence-corrected chi connectivity index (χ3v) is 3.81. The molecule has 2 heterocycles. The summed E-state index contributed by atoms with van der Waals surface area (Å²) in [7, 11) is 0. The van der Waals surface area contributed by atoms with Crippen LogP contribution < -0.4 is 5.32 Å². The van der Waals surface area contributed by atoms with E-state index in [4.69, 9.17) is 0 Å². The third-order valence-electron chi connectivity index (χ3n) is 3.81. The van der Waals surface area contributed by atoms with Crippen LogP contribution in [0.5, 0.6) is 5.75 Å². The predicted octanol–water partition coefficient (Wildman–Crippen LogP) is 1.60. The highest BCUT2D eigenvalue weighted by Gasteiger charge is 2.35. The second-order valence-electron chi connectivity index (χ2n) is 5.19. The molecule has 100 valence electrons. The Labute approximate surface area is 112 Å². The third kappa shape index (κ3) is 2.76. The second kappa shape index (κ2) is 5.43. The van der Waals surface area contributed by atoms with Crippen molar-refractivity contribution in [2.24, 2.45) is 11.8 Å². The molecule has 2 aliphatic rings. The lowest BCUT2D eigenvalue weighted by Crippen LogP contribution is -2.25. The van der Waals surface area contributed by atoms with Crippen molar-refractivity contribution in [2.75, 3.05) is 26.2 Å². The van der Waals surface area contributed by atoms with Crippen LogP contribution in [-0.4, -0.2) is 36.2 Å². The molecule has 3 rings (SSSR count). The fourth-order valence-electron chi connectivity index (χ4n) is 3.06. The molecule has 2 saturated heterocycles. The lowest BCUT2D eigenvalue weighted by molar-refractivity contribution is 0.304. The zero-order valence-corrected chi connectivity index (χ0v) is 10.9. The number of likely N-dealkylation sites (tertiary alicyclic amines) is 1. The lowest BCUT2D eigenvalue weighted by Gasteiger charge is -2.17. The normalized spacial score (nSPS) is 26.9. The van der Waals surface area contributed by atoms with Crippen LogP contribution in [0.3, 0.4) is 0 Å². The summed E-state index contributed by atoms with van der Waals surface area (Å²) in [5.74, 6) is 1.15. The van der Waals surface area contributed by atoms with Crippen molar-refractivity contribution >= 4 is 12.4 Å². The number of phenolic OH excluding ortho intramolecular Hbond substituents is 1. The highest BCUT2D eigenvalue weighted by Crippen LogP contribution is 2.28. The number of hydrogen-bond donors (Lipinski definition) is 2. The summed E-state index contributed by atoms with van der Waals surface area (Å²) < 4.78 is 13.1. The lowest BCUT2D eigenvalue weighted by atomic mass is 10.0. The van der Waals surface area contributed by atoms with Crippen LogP contribution in [0.4, 0.5) is 4.39 Å². The first-order valence-corrected chi connectivity index (χ1v) is 6.12. The number of nitrogens with one attached hydrogen (secondary N) is 1. The molecule has 0 bridgehead atoms. The smallest absolute Gasteiger partial charge is 0.127 e. The Bertz CT molecular complexity index is 397. The van der Waals surface area contributed by atoms with Crippen molar-refractivity contribution in [3.8, 4) is 5.75 Å². The molecule has 1 aromatic carbocycles. The minimum atomic E-state index is -0.360. The SMILES string of the molecule is Cl.Oc1cc(F)cc(CN2C[C@H]3CNC[C@H]3C2)c1. The molecular weight excluding hydrogens is 255 g/mol. The number of halogens is 2. The van der Waals surface area contributed by atoms with E-state index < -0.39 is 0 Å². The molecule has 1 aromatic rings. The molecule has 0 aromatic heterocycles. The maximum absolute atomic E-state index is 13.1. The minimum absolute atomic E-state index is 0. The molecule has 5 heteroatoms. The van der Waals surface area contributed by atoms with E-state index in [1.165, 1.54) is 6.07 Å². The van der Waals surface area contributed by atoms with Crippen LogP contribution in [0.1, 0.15) is 5.56 Å². The van der Waals surface area contributed by atoms with E-state index in [0.717, 1.165) is 56.2 Å². The van der Waals surface area contributed by atoms with Gasteiger partial charge in [0.25, 0.3) is 0 Å². The molecule has 0 unspecified atom stereocenters. The summed E-state index contributed by atoms with van der Waals surface area (Å²) in [6.45, 7) is 5.10. The molecule has 2 atom stereocenters. The first-order chi connectivity index (χ1) is 8.20. The average Bonchev–Trinajstić information content (AvgIpc) is 2.75. The summed E-state index contributed by atoms with van der Waals surface area (Å²) in [5, 5.41) is 12.8. The number of aromatic hydroxyl groups is 1. The number of nitrogens with zero attached hydrogens (tertiary/aromatic N) is 1. The second-order valence-corrected chi connectivity index (χ2v) is 5.19. The molecule has 0 spiro atoms. The Morgan fingerprint density at radius 3 is 2.50 bits per heavy atom. The van der Waals surface area contributed by atoms with Crippen molar-refractivity contribution in [1.29, 1.82) is 0 Å². The van der Waals surface area contributed by atoms with Crippen molar-refractivity contribution in [3.05, 3.63) is 29.6 Å². The highest BCUT2D eigenvalue weighted by molar-refractivity contribution is 5.85. The molecular formula is C13H18ClFN2O. The number of fused-ring (bicyclic) bond motifs is 1. The summed E-state index contributed by atoms with van der Waals surface area (Å²) in [5.41, 5.74) is 0.857. The Balaban J connectivity index is 0.00000120.